The summed E-state index contributed by atoms with van der Waals surface area (Å²) >= 11 is 0. The van der Waals surface area contributed by atoms with Crippen LogP contribution in [0.5, 0.6) is 23.0 Å². The number of hydrogen-bond acceptors (Lipinski definition) is 6. The van der Waals surface area contributed by atoms with E-state index in [1.165, 1.54) is 13.2 Å². The minimum Gasteiger partial charge on any atom is -0.508 e. The van der Waals surface area contributed by atoms with Crippen LogP contribution in [0.1, 0.15) is 23.0 Å². The fraction of sp³-hybridized carbons (Fsp3) is 0.250. The minimum atomic E-state index is -1.13. The third-order valence-electron chi connectivity index (χ3n) is 4.23. The summed E-state index contributed by atoms with van der Waals surface area (Å²) in [6.07, 6.45) is 0.299. The molecule has 1 atom stereocenters. The topological polar surface area (TPSA) is 88.4 Å². The number of hydrogen-bond donors (Lipinski definition) is 3. The van der Waals surface area contributed by atoms with Gasteiger partial charge in [0, 0.05) is 17.2 Å². The summed E-state index contributed by atoms with van der Waals surface area (Å²) in [5.41, 5.74) is 4.02. The van der Waals surface area contributed by atoms with Gasteiger partial charge < -0.3 is 19.7 Å². The number of aryl methyl sites for hydroxylation is 2. The van der Waals surface area contributed by atoms with Gasteiger partial charge in [-0.2, -0.15) is 4.89 Å². The van der Waals surface area contributed by atoms with E-state index in [0.717, 1.165) is 28.7 Å². The summed E-state index contributed by atoms with van der Waals surface area (Å²) in [5.74, 6) is 0.732. The van der Waals surface area contributed by atoms with E-state index in [2.05, 4.69) is 4.89 Å². The van der Waals surface area contributed by atoms with Gasteiger partial charge >= 0.3 is 0 Å². The number of ether oxygens (including phenoxy) is 2. The van der Waals surface area contributed by atoms with Crippen LogP contribution in [-0.2, 0) is 17.7 Å². The van der Waals surface area contributed by atoms with E-state index in [-0.39, 0.29) is 17.2 Å². The van der Waals surface area contributed by atoms with Crippen LogP contribution >= 0.6 is 0 Å². The van der Waals surface area contributed by atoms with Gasteiger partial charge in [0.15, 0.2) is 11.5 Å². The Balaban J connectivity index is 2.11. The van der Waals surface area contributed by atoms with Crippen LogP contribution in [0.4, 0.5) is 0 Å². The fourth-order valence-corrected chi connectivity index (χ4v) is 3.41. The molecule has 0 saturated heterocycles. The highest BCUT2D eigenvalue weighted by Crippen LogP contribution is 2.54. The average Bonchev–Trinajstić information content (AvgIpc) is 2.51. The van der Waals surface area contributed by atoms with Crippen LogP contribution in [0, 0.1) is 0 Å². The van der Waals surface area contributed by atoms with Crippen LogP contribution in [0.15, 0.2) is 18.2 Å². The molecular weight excluding hydrogens is 288 g/mol. The van der Waals surface area contributed by atoms with Crippen molar-refractivity contribution in [1.29, 1.82) is 0 Å². The van der Waals surface area contributed by atoms with E-state index >= 15 is 0 Å². The Kier molecular flexibility index (Phi) is 2.72. The Morgan fingerprint density at radius 1 is 1.09 bits per heavy atom. The van der Waals surface area contributed by atoms with Crippen molar-refractivity contribution in [3.8, 4) is 34.1 Å². The maximum absolute atomic E-state index is 10.1. The Bertz CT molecular complexity index is 783. The van der Waals surface area contributed by atoms with E-state index in [4.69, 9.17) is 9.47 Å². The molecule has 22 heavy (non-hydrogen) atoms. The van der Waals surface area contributed by atoms with E-state index < -0.39 is 6.29 Å². The van der Waals surface area contributed by atoms with E-state index in [1.54, 1.807) is 12.1 Å². The Morgan fingerprint density at radius 3 is 2.50 bits per heavy atom. The lowest BCUT2D eigenvalue weighted by molar-refractivity contribution is -0.330. The summed E-state index contributed by atoms with van der Waals surface area (Å²) in [5, 5.41) is 29.2. The summed E-state index contributed by atoms with van der Waals surface area (Å²) in [6, 6.07) is 4.85. The molecule has 0 aromatic heterocycles. The molecule has 0 bridgehead atoms. The molecule has 0 fully saturated rings. The zero-order valence-corrected chi connectivity index (χ0v) is 11.8. The van der Waals surface area contributed by atoms with Crippen LogP contribution < -0.4 is 9.47 Å². The first kappa shape index (κ1) is 13.2. The van der Waals surface area contributed by atoms with Gasteiger partial charge in [-0.25, -0.2) is 5.26 Å². The van der Waals surface area contributed by atoms with Crippen molar-refractivity contribution in [2.75, 3.05) is 7.11 Å². The largest absolute Gasteiger partial charge is 0.508 e. The molecule has 1 aliphatic carbocycles. The average molecular weight is 302 g/mol. The van der Waals surface area contributed by atoms with Crippen LogP contribution in [0.2, 0.25) is 0 Å². The lowest BCUT2D eigenvalue weighted by Crippen LogP contribution is -2.21. The van der Waals surface area contributed by atoms with E-state index in [0.29, 0.717) is 17.7 Å². The Morgan fingerprint density at radius 2 is 1.82 bits per heavy atom. The molecule has 4 rings (SSSR count). The molecule has 0 spiro atoms. The molecule has 2 aromatic carbocycles. The smallest absolute Gasteiger partial charge is 0.260 e. The highest BCUT2D eigenvalue weighted by atomic mass is 17.1. The lowest BCUT2D eigenvalue weighted by Gasteiger charge is -2.33. The van der Waals surface area contributed by atoms with Gasteiger partial charge in [-0.1, -0.05) is 0 Å². The number of benzene rings is 2. The molecule has 2 aromatic rings. The lowest BCUT2D eigenvalue weighted by atomic mass is 9.80. The molecule has 114 valence electrons. The van der Waals surface area contributed by atoms with Gasteiger partial charge in [-0.05, 0) is 36.1 Å². The van der Waals surface area contributed by atoms with Crippen LogP contribution in [0.3, 0.4) is 0 Å². The maximum atomic E-state index is 10.1. The van der Waals surface area contributed by atoms with Gasteiger partial charge in [-0.15, -0.1) is 0 Å². The van der Waals surface area contributed by atoms with Gasteiger partial charge in [0.2, 0.25) is 0 Å². The molecule has 1 heterocycles. The first-order valence-electron chi connectivity index (χ1n) is 6.90. The van der Waals surface area contributed by atoms with Crippen molar-refractivity contribution in [1.82, 2.24) is 0 Å². The Hall–Kier alpha value is -2.44. The third kappa shape index (κ3) is 1.62. The summed E-state index contributed by atoms with van der Waals surface area (Å²) in [6.45, 7) is 0. The summed E-state index contributed by atoms with van der Waals surface area (Å²) in [4.78, 5) is 4.44. The summed E-state index contributed by atoms with van der Waals surface area (Å²) < 4.78 is 10.9. The highest BCUT2D eigenvalue weighted by molar-refractivity contribution is 5.86. The van der Waals surface area contributed by atoms with Crippen LogP contribution in [0.25, 0.3) is 11.1 Å². The second-order valence-electron chi connectivity index (χ2n) is 5.41. The first-order chi connectivity index (χ1) is 10.6. The zero-order chi connectivity index (χ0) is 15.4. The highest BCUT2D eigenvalue weighted by Gasteiger charge is 2.37. The minimum absolute atomic E-state index is 0.0208. The number of methoxy groups -OCH3 is 1. The van der Waals surface area contributed by atoms with Gasteiger partial charge in [0.1, 0.15) is 11.5 Å². The molecule has 6 heteroatoms. The van der Waals surface area contributed by atoms with Crippen molar-refractivity contribution >= 4 is 0 Å². The molecule has 0 unspecified atom stereocenters. The molecule has 0 saturated carbocycles. The third-order valence-corrected chi connectivity index (χ3v) is 4.23. The van der Waals surface area contributed by atoms with Gasteiger partial charge in [-0.3, -0.25) is 0 Å². The number of rotatable bonds is 2. The fourth-order valence-electron chi connectivity index (χ4n) is 3.41. The quantitative estimate of drug-likeness (QED) is 0.584. The number of aromatic hydroxyl groups is 2. The standard InChI is InChI=1S/C16H14O6/c1-20-15-10(18)5-8-3-2-7-4-9(17)6-11-12(7)13(8)14(15)16(21-11)22-19/h4-6,16-19H,2-3H2,1H3/t16-/m0/s1. The Labute approximate surface area is 126 Å². The second kappa shape index (κ2) is 4.53. The van der Waals surface area contributed by atoms with Crippen molar-refractivity contribution in [3.05, 3.63) is 34.9 Å². The van der Waals surface area contributed by atoms with E-state index in [1.807, 2.05) is 0 Å². The molecular formula is C16H14O6. The normalized spacial score (nSPS) is 17.6. The van der Waals surface area contributed by atoms with E-state index in [9.17, 15) is 15.5 Å². The molecule has 3 N–H and O–H groups in total. The van der Waals surface area contributed by atoms with Crippen molar-refractivity contribution in [2.24, 2.45) is 0 Å². The zero-order valence-electron chi connectivity index (χ0n) is 11.8. The van der Waals surface area contributed by atoms with Crippen LogP contribution in [-0.4, -0.2) is 22.6 Å². The monoisotopic (exact) mass is 302 g/mol. The van der Waals surface area contributed by atoms with Crippen molar-refractivity contribution in [3.63, 3.8) is 0 Å². The maximum Gasteiger partial charge on any atom is 0.260 e. The molecule has 2 aliphatic rings. The molecule has 0 radical (unpaired) electrons. The molecule has 6 nitrogen and oxygen atoms in total. The van der Waals surface area contributed by atoms with Gasteiger partial charge in [0.25, 0.3) is 6.29 Å². The molecule has 0 amide bonds. The number of phenols is 2. The van der Waals surface area contributed by atoms with Crippen molar-refractivity contribution in [2.45, 2.75) is 19.1 Å². The number of phenolic OH excluding ortho intramolecular Hbond substituents is 2. The SMILES string of the molecule is COc1c(O)cc2c3c1[C@H](OO)Oc1cc(O)cc(c1-3)CC2. The first-order valence-corrected chi connectivity index (χ1v) is 6.90. The van der Waals surface area contributed by atoms with Gasteiger partial charge in [0.05, 0.1) is 12.7 Å². The predicted octanol–water partition coefficient (Wildman–Crippen LogP) is 2.75. The summed E-state index contributed by atoms with van der Waals surface area (Å²) in [7, 11) is 1.43. The molecule has 1 aliphatic heterocycles. The van der Waals surface area contributed by atoms with Crippen molar-refractivity contribution < 1.29 is 29.8 Å². The second-order valence-corrected chi connectivity index (χ2v) is 5.41. The predicted molar refractivity (Wildman–Crippen MR) is 76.3 cm³/mol.